The molecular weight excluding hydrogens is 240 g/mol. The molecule has 0 aromatic heterocycles. The van der Waals surface area contributed by atoms with E-state index in [0.717, 1.165) is 25.1 Å². The molecule has 1 aromatic rings. The summed E-state index contributed by atoms with van der Waals surface area (Å²) >= 11 is 0. The van der Waals surface area contributed by atoms with Crippen LogP contribution in [0.2, 0.25) is 0 Å². The third-order valence-corrected chi connectivity index (χ3v) is 3.77. The Morgan fingerprint density at radius 1 is 1.42 bits per heavy atom. The Kier molecular flexibility index (Phi) is 4.80. The topological polar surface area (TPSA) is 61.4 Å². The van der Waals surface area contributed by atoms with E-state index in [2.05, 4.69) is 10.6 Å². The van der Waals surface area contributed by atoms with Crippen LogP contribution in [-0.4, -0.2) is 30.6 Å². The second-order valence-electron chi connectivity index (χ2n) is 5.24. The van der Waals surface area contributed by atoms with Gasteiger partial charge >= 0.3 is 0 Å². The van der Waals surface area contributed by atoms with E-state index in [1.807, 2.05) is 6.92 Å². The van der Waals surface area contributed by atoms with Crippen LogP contribution in [-0.2, 0) is 0 Å². The predicted molar refractivity (Wildman–Crippen MR) is 75.4 cm³/mol. The molecule has 0 unspecified atom stereocenters. The molecule has 1 fully saturated rings. The van der Waals surface area contributed by atoms with Crippen LogP contribution in [0, 0.1) is 12.8 Å². The van der Waals surface area contributed by atoms with Crippen molar-refractivity contribution in [2.75, 3.05) is 19.6 Å². The molecule has 0 radical (unpaired) electrons. The van der Waals surface area contributed by atoms with Gasteiger partial charge in [-0.05, 0) is 62.9 Å². The first-order chi connectivity index (χ1) is 9.16. The van der Waals surface area contributed by atoms with Gasteiger partial charge < -0.3 is 15.7 Å². The summed E-state index contributed by atoms with van der Waals surface area (Å²) in [5.41, 5.74) is 1.31. The smallest absolute Gasteiger partial charge is 0.251 e. The number of hydrogen-bond acceptors (Lipinski definition) is 3. The normalized spacial score (nSPS) is 16.3. The van der Waals surface area contributed by atoms with Gasteiger partial charge in [0.15, 0.2) is 0 Å². The number of phenols is 1. The summed E-state index contributed by atoms with van der Waals surface area (Å²) in [6, 6.07) is 5.03. The average molecular weight is 262 g/mol. The maximum atomic E-state index is 11.9. The summed E-state index contributed by atoms with van der Waals surface area (Å²) in [6.45, 7) is 4.70. The number of nitrogens with one attached hydrogen (secondary N) is 2. The Morgan fingerprint density at radius 2 is 2.16 bits per heavy atom. The van der Waals surface area contributed by atoms with Gasteiger partial charge in [0.25, 0.3) is 5.91 Å². The first kappa shape index (κ1) is 13.9. The highest BCUT2D eigenvalue weighted by Gasteiger charge is 2.13. The van der Waals surface area contributed by atoms with Gasteiger partial charge in [-0.2, -0.15) is 0 Å². The van der Waals surface area contributed by atoms with Crippen molar-refractivity contribution < 1.29 is 9.90 Å². The minimum atomic E-state index is -0.107. The number of aromatic hydroxyl groups is 1. The van der Waals surface area contributed by atoms with Gasteiger partial charge in [0.05, 0.1) is 0 Å². The van der Waals surface area contributed by atoms with Crippen molar-refractivity contribution in [3.05, 3.63) is 29.3 Å². The zero-order valence-corrected chi connectivity index (χ0v) is 11.4. The largest absolute Gasteiger partial charge is 0.508 e. The van der Waals surface area contributed by atoms with E-state index in [0.29, 0.717) is 18.0 Å². The van der Waals surface area contributed by atoms with E-state index >= 15 is 0 Å². The molecule has 1 heterocycles. The monoisotopic (exact) mass is 262 g/mol. The molecule has 0 saturated carbocycles. The molecule has 1 aliphatic heterocycles. The Hall–Kier alpha value is -1.55. The van der Waals surface area contributed by atoms with E-state index in [-0.39, 0.29) is 11.7 Å². The molecule has 1 amide bonds. The highest BCUT2D eigenvalue weighted by atomic mass is 16.3. The molecular formula is C15H22N2O2. The number of rotatable bonds is 4. The molecule has 104 valence electrons. The molecule has 0 atom stereocenters. The molecule has 3 N–H and O–H groups in total. The molecule has 2 rings (SSSR count). The van der Waals surface area contributed by atoms with Gasteiger partial charge in [0, 0.05) is 12.1 Å². The van der Waals surface area contributed by atoms with Crippen LogP contribution in [0.15, 0.2) is 18.2 Å². The number of benzene rings is 1. The summed E-state index contributed by atoms with van der Waals surface area (Å²) in [5.74, 6) is 0.781. The van der Waals surface area contributed by atoms with Crippen LogP contribution in [0.25, 0.3) is 0 Å². The maximum absolute atomic E-state index is 11.9. The van der Waals surface area contributed by atoms with Crippen molar-refractivity contribution in [3.63, 3.8) is 0 Å². The third kappa shape index (κ3) is 3.96. The van der Waals surface area contributed by atoms with Crippen LogP contribution in [0.3, 0.4) is 0 Å². The molecule has 0 spiro atoms. The molecule has 1 saturated heterocycles. The Labute approximate surface area is 114 Å². The number of phenolic OH excluding ortho intramolecular Hbond substituents is 1. The fraction of sp³-hybridized carbons (Fsp3) is 0.533. The van der Waals surface area contributed by atoms with Crippen molar-refractivity contribution in [3.8, 4) is 5.75 Å². The molecule has 1 aromatic carbocycles. The summed E-state index contributed by atoms with van der Waals surface area (Å²) in [7, 11) is 0. The van der Waals surface area contributed by atoms with Crippen LogP contribution in [0.5, 0.6) is 5.75 Å². The van der Waals surface area contributed by atoms with Crippen LogP contribution in [0.1, 0.15) is 35.2 Å². The fourth-order valence-corrected chi connectivity index (χ4v) is 2.41. The van der Waals surface area contributed by atoms with E-state index in [4.69, 9.17) is 0 Å². The van der Waals surface area contributed by atoms with Crippen molar-refractivity contribution in [1.29, 1.82) is 0 Å². The van der Waals surface area contributed by atoms with Gasteiger partial charge in [-0.1, -0.05) is 6.07 Å². The molecule has 19 heavy (non-hydrogen) atoms. The van der Waals surface area contributed by atoms with Crippen LogP contribution < -0.4 is 10.6 Å². The van der Waals surface area contributed by atoms with E-state index < -0.39 is 0 Å². The standard InChI is InChI=1S/C15H22N2O2/c1-11-2-3-13(10-14(11)18)15(19)17-9-6-12-4-7-16-8-5-12/h2-3,10,12,16,18H,4-9H2,1H3,(H,17,19). The highest BCUT2D eigenvalue weighted by Crippen LogP contribution is 2.18. The second kappa shape index (κ2) is 6.57. The average Bonchev–Trinajstić information content (AvgIpc) is 2.43. The van der Waals surface area contributed by atoms with E-state index in [1.54, 1.807) is 12.1 Å². The second-order valence-corrected chi connectivity index (χ2v) is 5.24. The SMILES string of the molecule is Cc1ccc(C(=O)NCCC2CCNCC2)cc1O. The molecule has 4 heteroatoms. The van der Waals surface area contributed by atoms with Crippen molar-refractivity contribution in [2.24, 2.45) is 5.92 Å². The van der Waals surface area contributed by atoms with Crippen molar-refractivity contribution in [1.82, 2.24) is 10.6 Å². The van der Waals surface area contributed by atoms with Gasteiger partial charge in [0.2, 0.25) is 0 Å². The number of piperidine rings is 1. The summed E-state index contributed by atoms with van der Waals surface area (Å²) in [4.78, 5) is 11.9. The highest BCUT2D eigenvalue weighted by molar-refractivity contribution is 5.94. The third-order valence-electron chi connectivity index (χ3n) is 3.77. The summed E-state index contributed by atoms with van der Waals surface area (Å²) in [6.07, 6.45) is 3.42. The molecule has 0 aliphatic carbocycles. The lowest BCUT2D eigenvalue weighted by Crippen LogP contribution is -2.31. The minimum Gasteiger partial charge on any atom is -0.508 e. The Morgan fingerprint density at radius 3 is 2.84 bits per heavy atom. The number of aryl methyl sites for hydroxylation is 1. The van der Waals surface area contributed by atoms with Crippen LogP contribution >= 0.6 is 0 Å². The molecule has 1 aliphatic rings. The lowest BCUT2D eigenvalue weighted by atomic mass is 9.95. The van der Waals surface area contributed by atoms with E-state index in [9.17, 15) is 9.90 Å². The van der Waals surface area contributed by atoms with Gasteiger partial charge in [-0.15, -0.1) is 0 Å². The predicted octanol–water partition coefficient (Wildman–Crippen LogP) is 1.82. The summed E-state index contributed by atoms with van der Waals surface area (Å²) in [5, 5.41) is 15.8. The van der Waals surface area contributed by atoms with Crippen molar-refractivity contribution >= 4 is 5.91 Å². The zero-order valence-electron chi connectivity index (χ0n) is 11.4. The van der Waals surface area contributed by atoms with Gasteiger partial charge in [-0.3, -0.25) is 4.79 Å². The Bertz CT molecular complexity index is 440. The zero-order chi connectivity index (χ0) is 13.7. The lowest BCUT2D eigenvalue weighted by molar-refractivity contribution is 0.0950. The van der Waals surface area contributed by atoms with Crippen LogP contribution in [0.4, 0.5) is 0 Å². The molecule has 4 nitrogen and oxygen atoms in total. The number of carbonyl (C=O) groups excluding carboxylic acids is 1. The van der Waals surface area contributed by atoms with Gasteiger partial charge in [-0.25, -0.2) is 0 Å². The minimum absolute atomic E-state index is 0.107. The fourth-order valence-electron chi connectivity index (χ4n) is 2.41. The lowest BCUT2D eigenvalue weighted by Gasteiger charge is -2.22. The quantitative estimate of drug-likeness (QED) is 0.775. The number of amides is 1. The first-order valence-electron chi connectivity index (χ1n) is 6.95. The number of hydrogen-bond donors (Lipinski definition) is 3. The maximum Gasteiger partial charge on any atom is 0.251 e. The van der Waals surface area contributed by atoms with Gasteiger partial charge in [0.1, 0.15) is 5.75 Å². The number of carbonyl (C=O) groups is 1. The molecule has 0 bridgehead atoms. The first-order valence-corrected chi connectivity index (χ1v) is 6.95. The van der Waals surface area contributed by atoms with Crippen molar-refractivity contribution in [2.45, 2.75) is 26.2 Å². The summed E-state index contributed by atoms with van der Waals surface area (Å²) < 4.78 is 0. The Balaban J connectivity index is 1.78. The van der Waals surface area contributed by atoms with E-state index in [1.165, 1.54) is 18.9 Å².